The van der Waals surface area contributed by atoms with Crippen molar-refractivity contribution in [2.75, 3.05) is 11.6 Å². The van der Waals surface area contributed by atoms with Gasteiger partial charge >= 0.3 is 0 Å². The number of hydrogen-bond donors (Lipinski definition) is 3. The second-order valence-corrected chi connectivity index (χ2v) is 14.5. The molecule has 10 nitrogen and oxygen atoms in total. The lowest BCUT2D eigenvalue weighted by Gasteiger charge is -2.41. The highest BCUT2D eigenvalue weighted by molar-refractivity contribution is 7.91. The zero-order valence-electron chi connectivity index (χ0n) is 20.8. The molecule has 1 aromatic carbocycles. The Morgan fingerprint density at radius 1 is 1.26 bits per heavy atom. The molecule has 39 heavy (non-hydrogen) atoms. The second-order valence-electron chi connectivity index (χ2n) is 9.79. The van der Waals surface area contributed by atoms with Crippen LogP contribution in [0.4, 0.5) is 9.39 Å². The summed E-state index contributed by atoms with van der Waals surface area (Å²) in [6, 6.07) is 3.57. The van der Waals surface area contributed by atoms with E-state index in [0.717, 1.165) is 42.9 Å². The van der Waals surface area contributed by atoms with E-state index in [0.29, 0.717) is 18.4 Å². The van der Waals surface area contributed by atoms with E-state index in [4.69, 9.17) is 11.6 Å². The summed E-state index contributed by atoms with van der Waals surface area (Å²) < 4.78 is 69.3. The third-order valence-corrected chi connectivity index (χ3v) is 10.6. The summed E-state index contributed by atoms with van der Waals surface area (Å²) >= 11 is 7.29. The maximum atomic E-state index is 13.9. The highest BCUT2D eigenvalue weighted by Crippen LogP contribution is 2.42. The van der Waals surface area contributed by atoms with Crippen molar-refractivity contribution in [2.24, 2.45) is 10.3 Å². The fourth-order valence-corrected chi connectivity index (χ4v) is 8.55. The van der Waals surface area contributed by atoms with E-state index in [2.05, 4.69) is 14.4 Å². The normalized spacial score (nSPS) is 23.0. The Morgan fingerprint density at radius 2 is 2.00 bits per heavy atom. The van der Waals surface area contributed by atoms with Crippen LogP contribution < -0.4 is 10.0 Å². The summed E-state index contributed by atoms with van der Waals surface area (Å²) in [6.45, 7) is -0.208. The van der Waals surface area contributed by atoms with E-state index in [1.807, 2.05) is 0 Å². The SMILES string of the molecule is CS(=O)(=O)NCc1csc2c1S(=O)(=O)N=C(C1=C(O)[C@@H]3CCCCC[C@@H]3N(Cc3ccc(F)cc3Cl)C1=O)N2. The number of carbonyl (C=O) groups excluding carboxylic acids is 1. The van der Waals surface area contributed by atoms with Crippen LogP contribution in [0.5, 0.6) is 0 Å². The first-order chi connectivity index (χ1) is 18.4. The van der Waals surface area contributed by atoms with E-state index in [1.54, 1.807) is 4.90 Å². The number of rotatable bonds is 6. The maximum Gasteiger partial charge on any atom is 0.287 e. The third kappa shape index (κ3) is 5.57. The molecular formula is C24H26ClFN4O6S3. The molecule has 1 aliphatic carbocycles. The summed E-state index contributed by atoms with van der Waals surface area (Å²) in [5.41, 5.74) is 0.486. The number of benzene rings is 1. The number of hydrogen-bond acceptors (Lipinski definition) is 8. The van der Waals surface area contributed by atoms with Crippen LogP contribution in [0.3, 0.4) is 0 Å². The predicted molar refractivity (Wildman–Crippen MR) is 146 cm³/mol. The second kappa shape index (κ2) is 10.5. The van der Waals surface area contributed by atoms with Gasteiger partial charge in [-0.3, -0.25) is 4.79 Å². The minimum Gasteiger partial charge on any atom is -0.511 e. The number of amides is 1. The quantitative estimate of drug-likeness (QED) is 0.446. The molecule has 2 aliphatic heterocycles. The van der Waals surface area contributed by atoms with Gasteiger partial charge in [-0.05, 0) is 35.9 Å². The Balaban J connectivity index is 1.54. The van der Waals surface area contributed by atoms with Crippen molar-refractivity contribution in [3.05, 3.63) is 56.9 Å². The van der Waals surface area contributed by atoms with Gasteiger partial charge in [-0.1, -0.05) is 36.9 Å². The molecule has 2 aromatic rings. The van der Waals surface area contributed by atoms with Gasteiger partial charge in [-0.15, -0.1) is 15.7 Å². The number of carbonyl (C=O) groups is 1. The number of anilines is 1. The van der Waals surface area contributed by atoms with Crippen LogP contribution in [0.2, 0.25) is 5.02 Å². The molecule has 5 rings (SSSR count). The number of nitrogens with zero attached hydrogens (tertiary/aromatic N) is 2. The largest absolute Gasteiger partial charge is 0.511 e. The smallest absolute Gasteiger partial charge is 0.287 e. The van der Waals surface area contributed by atoms with E-state index in [9.17, 15) is 31.1 Å². The van der Waals surface area contributed by atoms with Gasteiger partial charge < -0.3 is 15.3 Å². The van der Waals surface area contributed by atoms with E-state index >= 15 is 0 Å². The zero-order valence-corrected chi connectivity index (χ0v) is 24.0. The molecule has 0 unspecified atom stereocenters. The van der Waals surface area contributed by atoms with Crippen LogP contribution in [-0.4, -0.2) is 50.9 Å². The Bertz CT molecular complexity index is 1620. The molecule has 15 heteroatoms. The van der Waals surface area contributed by atoms with Crippen molar-refractivity contribution in [3.63, 3.8) is 0 Å². The summed E-state index contributed by atoms with van der Waals surface area (Å²) in [5.74, 6) is -2.08. The molecule has 1 saturated carbocycles. The molecule has 0 bridgehead atoms. The molecule has 2 atom stereocenters. The molecule has 0 spiro atoms. The number of aliphatic hydroxyl groups is 1. The first-order valence-electron chi connectivity index (χ1n) is 12.2. The van der Waals surface area contributed by atoms with Crippen molar-refractivity contribution in [2.45, 2.75) is 56.1 Å². The summed E-state index contributed by atoms with van der Waals surface area (Å²) in [4.78, 5) is 15.3. The van der Waals surface area contributed by atoms with Crippen LogP contribution in [0.25, 0.3) is 0 Å². The monoisotopic (exact) mass is 616 g/mol. The zero-order chi connectivity index (χ0) is 28.1. The van der Waals surface area contributed by atoms with E-state index in [1.165, 1.54) is 17.5 Å². The highest BCUT2D eigenvalue weighted by Gasteiger charge is 2.45. The molecule has 0 radical (unpaired) electrons. The lowest BCUT2D eigenvalue weighted by molar-refractivity contribution is -0.132. The average molecular weight is 617 g/mol. The number of halogens is 2. The maximum absolute atomic E-state index is 13.9. The van der Waals surface area contributed by atoms with Gasteiger partial charge in [0.05, 0.1) is 6.26 Å². The van der Waals surface area contributed by atoms with Gasteiger partial charge in [0, 0.05) is 35.6 Å². The van der Waals surface area contributed by atoms with Crippen molar-refractivity contribution < 1.29 is 31.1 Å². The van der Waals surface area contributed by atoms with E-state index < -0.39 is 37.7 Å². The fraction of sp³-hybridized carbons (Fsp3) is 0.417. The van der Waals surface area contributed by atoms with Crippen LogP contribution >= 0.6 is 22.9 Å². The average Bonchev–Trinajstić information content (AvgIpc) is 3.10. The van der Waals surface area contributed by atoms with Crippen molar-refractivity contribution in [1.29, 1.82) is 0 Å². The van der Waals surface area contributed by atoms with Crippen molar-refractivity contribution in [1.82, 2.24) is 9.62 Å². The lowest BCUT2D eigenvalue weighted by Crippen LogP contribution is -2.51. The van der Waals surface area contributed by atoms with Crippen molar-refractivity contribution in [3.8, 4) is 0 Å². The number of sulfonamides is 2. The third-order valence-electron chi connectivity index (χ3n) is 7.10. The number of fused-ring (bicyclic) bond motifs is 2. The minimum absolute atomic E-state index is 0.0431. The molecule has 3 N–H and O–H groups in total. The first kappa shape index (κ1) is 28.0. The molecule has 3 heterocycles. The fourth-order valence-electron chi connectivity index (χ4n) is 5.30. The summed E-state index contributed by atoms with van der Waals surface area (Å²) in [7, 11) is -7.92. The summed E-state index contributed by atoms with van der Waals surface area (Å²) in [6.07, 6.45) is 4.78. The number of nitrogens with one attached hydrogen (secondary N) is 2. The van der Waals surface area contributed by atoms with Gasteiger partial charge in [0.15, 0.2) is 5.84 Å². The number of amidine groups is 1. The van der Waals surface area contributed by atoms with Crippen LogP contribution in [0.15, 0.2) is 44.2 Å². The van der Waals surface area contributed by atoms with Crippen LogP contribution in [-0.2, 0) is 37.9 Å². The molecule has 210 valence electrons. The molecule has 1 aromatic heterocycles. The molecule has 3 aliphatic rings. The molecule has 1 amide bonds. The lowest BCUT2D eigenvalue weighted by atomic mass is 9.84. The number of thiophene rings is 1. The molecule has 0 saturated heterocycles. The minimum atomic E-state index is -4.34. The highest BCUT2D eigenvalue weighted by atomic mass is 35.5. The van der Waals surface area contributed by atoms with Crippen LogP contribution in [0, 0.1) is 11.7 Å². The predicted octanol–water partition coefficient (Wildman–Crippen LogP) is 3.91. The van der Waals surface area contributed by atoms with Gasteiger partial charge in [0.1, 0.15) is 27.0 Å². The number of aliphatic hydroxyl groups excluding tert-OH is 1. The molecule has 1 fully saturated rings. The standard InChI is InChI=1S/C24H26ClFN4O6S3/c1-38(33,34)27-10-14-12-37-23-21(14)39(35,36)29-22(28-23)19-20(31)16-5-3-2-4-6-18(16)30(24(19)32)11-13-7-8-15(26)9-17(13)25/h7-9,12,16,18,27,31H,2-6,10-11H2,1H3,(H,28,29)/t16-,18+/m1/s1. The van der Waals surface area contributed by atoms with Gasteiger partial charge in [-0.2, -0.15) is 8.42 Å². The Morgan fingerprint density at radius 3 is 2.72 bits per heavy atom. The van der Waals surface area contributed by atoms with Gasteiger partial charge in [0.2, 0.25) is 10.0 Å². The first-order valence-corrected chi connectivity index (χ1v) is 16.8. The van der Waals surface area contributed by atoms with Crippen molar-refractivity contribution >= 4 is 59.7 Å². The van der Waals surface area contributed by atoms with Gasteiger partial charge in [0.25, 0.3) is 15.9 Å². The Hall–Kier alpha value is -2.52. The van der Waals surface area contributed by atoms with Gasteiger partial charge in [-0.25, -0.2) is 17.5 Å². The topological polar surface area (TPSA) is 145 Å². The van der Waals surface area contributed by atoms with E-state index in [-0.39, 0.29) is 56.8 Å². The van der Waals surface area contributed by atoms with Crippen LogP contribution in [0.1, 0.15) is 43.2 Å². The Labute approximate surface area is 234 Å². The molecular weight excluding hydrogens is 591 g/mol. The summed E-state index contributed by atoms with van der Waals surface area (Å²) in [5, 5.41) is 16.0. The Kier molecular flexibility index (Phi) is 7.52.